The van der Waals surface area contributed by atoms with Crippen molar-refractivity contribution < 1.29 is 4.74 Å². The molecule has 1 aliphatic rings. The number of guanidine groups is 1. The average molecular weight is 303 g/mol. The maximum Gasteiger partial charge on any atom is 0.191 e. The van der Waals surface area contributed by atoms with Gasteiger partial charge in [-0.15, -0.1) is 0 Å². The van der Waals surface area contributed by atoms with Crippen LogP contribution in [0.1, 0.15) is 45.1 Å². The molecule has 1 saturated carbocycles. The van der Waals surface area contributed by atoms with Crippen LogP contribution in [-0.4, -0.2) is 32.7 Å². The molecule has 2 rings (SSSR count). The predicted octanol–water partition coefficient (Wildman–Crippen LogP) is 3.08. The second kappa shape index (κ2) is 8.06. The Balaban J connectivity index is 2.05. The number of nitrogens with zero attached hydrogens (tertiary/aromatic N) is 1. The molecule has 4 heteroatoms. The van der Waals surface area contributed by atoms with Crippen molar-refractivity contribution in [1.29, 1.82) is 0 Å². The van der Waals surface area contributed by atoms with Gasteiger partial charge < -0.3 is 15.4 Å². The molecule has 1 aromatic carbocycles. The summed E-state index contributed by atoms with van der Waals surface area (Å²) in [5, 5.41) is 6.74. The molecule has 0 atom stereocenters. The number of aliphatic imine (C=N–C) groups is 1. The van der Waals surface area contributed by atoms with Crippen LogP contribution < -0.4 is 15.4 Å². The van der Waals surface area contributed by atoms with Gasteiger partial charge in [-0.1, -0.05) is 31.5 Å². The first-order valence-corrected chi connectivity index (χ1v) is 8.41. The normalized spacial score (nSPS) is 16.2. The van der Waals surface area contributed by atoms with E-state index < -0.39 is 0 Å². The van der Waals surface area contributed by atoms with Gasteiger partial charge in [0, 0.05) is 24.1 Å². The van der Waals surface area contributed by atoms with Crippen LogP contribution in [0.5, 0.6) is 5.75 Å². The summed E-state index contributed by atoms with van der Waals surface area (Å²) < 4.78 is 5.53. The van der Waals surface area contributed by atoms with Crippen molar-refractivity contribution in [2.45, 2.75) is 44.9 Å². The van der Waals surface area contributed by atoms with Crippen molar-refractivity contribution in [1.82, 2.24) is 10.6 Å². The molecule has 0 aliphatic heterocycles. The Morgan fingerprint density at radius 2 is 2.00 bits per heavy atom. The first-order chi connectivity index (χ1) is 10.8. The molecule has 0 radical (unpaired) electrons. The molecule has 122 valence electrons. The second-order valence-electron chi connectivity index (χ2n) is 5.96. The maximum atomic E-state index is 5.53. The molecule has 0 aromatic heterocycles. The number of hydrogen-bond donors (Lipinski definition) is 2. The molecule has 2 N–H and O–H groups in total. The zero-order valence-electron chi connectivity index (χ0n) is 14.1. The highest BCUT2D eigenvalue weighted by Gasteiger charge is 2.45. The first kappa shape index (κ1) is 16.7. The van der Waals surface area contributed by atoms with Gasteiger partial charge in [-0.3, -0.25) is 4.99 Å². The van der Waals surface area contributed by atoms with Crippen LogP contribution in [0.4, 0.5) is 0 Å². The van der Waals surface area contributed by atoms with E-state index >= 15 is 0 Å². The average Bonchev–Trinajstić information content (AvgIpc) is 3.34. The van der Waals surface area contributed by atoms with E-state index in [-0.39, 0.29) is 5.41 Å². The quantitative estimate of drug-likeness (QED) is 0.441. The zero-order valence-corrected chi connectivity index (χ0v) is 14.1. The van der Waals surface area contributed by atoms with Gasteiger partial charge in [-0.2, -0.15) is 0 Å². The van der Waals surface area contributed by atoms with Crippen LogP contribution in [0.15, 0.2) is 29.3 Å². The number of unbranched alkanes of at least 4 members (excludes halogenated alkanes) is 1. The van der Waals surface area contributed by atoms with Crippen LogP contribution in [0.25, 0.3) is 0 Å². The van der Waals surface area contributed by atoms with Crippen LogP contribution in [0.3, 0.4) is 0 Å². The van der Waals surface area contributed by atoms with Gasteiger partial charge in [0.05, 0.1) is 13.7 Å². The molecule has 0 bridgehead atoms. The molecule has 0 saturated heterocycles. The Bertz CT molecular complexity index is 495. The van der Waals surface area contributed by atoms with Crippen LogP contribution >= 0.6 is 0 Å². The number of benzene rings is 1. The van der Waals surface area contributed by atoms with E-state index in [1.54, 1.807) is 7.11 Å². The number of methoxy groups -OCH3 is 1. The van der Waals surface area contributed by atoms with Gasteiger partial charge in [-0.05, 0) is 32.3 Å². The van der Waals surface area contributed by atoms with Crippen LogP contribution in [-0.2, 0) is 5.41 Å². The standard InChI is InChI=1S/C18H29N3O/c1-4-6-13-20-17(19-5-2)21-14-18(11-12-18)15-9-7-8-10-16(15)22-3/h7-10H,4-6,11-14H2,1-3H3,(H2,19,20,21). The minimum absolute atomic E-state index is 0.166. The lowest BCUT2D eigenvalue weighted by atomic mass is 9.95. The summed E-state index contributed by atoms with van der Waals surface area (Å²) in [5.41, 5.74) is 1.46. The lowest BCUT2D eigenvalue weighted by Gasteiger charge is -2.18. The largest absolute Gasteiger partial charge is 0.496 e. The molecule has 22 heavy (non-hydrogen) atoms. The zero-order chi connectivity index (χ0) is 15.8. The Labute approximate surface area is 134 Å². The second-order valence-corrected chi connectivity index (χ2v) is 5.96. The summed E-state index contributed by atoms with van der Waals surface area (Å²) in [4.78, 5) is 4.81. The van der Waals surface area contributed by atoms with E-state index in [2.05, 4.69) is 36.6 Å². The van der Waals surface area contributed by atoms with Gasteiger partial charge in [-0.25, -0.2) is 0 Å². The minimum atomic E-state index is 0.166. The fourth-order valence-corrected chi connectivity index (χ4v) is 2.70. The summed E-state index contributed by atoms with van der Waals surface area (Å²) in [6.45, 7) is 6.98. The smallest absolute Gasteiger partial charge is 0.191 e. The lowest BCUT2D eigenvalue weighted by Crippen LogP contribution is -2.38. The van der Waals surface area contributed by atoms with Gasteiger partial charge in [0.1, 0.15) is 5.75 Å². The fraction of sp³-hybridized carbons (Fsp3) is 0.611. The van der Waals surface area contributed by atoms with Gasteiger partial charge in [0.25, 0.3) is 0 Å². The Morgan fingerprint density at radius 3 is 2.64 bits per heavy atom. The molecule has 4 nitrogen and oxygen atoms in total. The summed E-state index contributed by atoms with van der Waals surface area (Å²) in [5.74, 6) is 1.91. The highest BCUT2D eigenvalue weighted by molar-refractivity contribution is 5.79. The number of hydrogen-bond acceptors (Lipinski definition) is 2. The van der Waals surface area contributed by atoms with Gasteiger partial charge in [0.15, 0.2) is 5.96 Å². The van der Waals surface area contributed by atoms with Crippen LogP contribution in [0.2, 0.25) is 0 Å². The topological polar surface area (TPSA) is 45.7 Å². The highest BCUT2D eigenvalue weighted by Crippen LogP contribution is 2.51. The Kier molecular flexibility index (Phi) is 6.10. The van der Waals surface area contributed by atoms with Crippen molar-refractivity contribution in [3.63, 3.8) is 0 Å². The molecule has 1 aliphatic carbocycles. The molecular formula is C18H29N3O. The highest BCUT2D eigenvalue weighted by atomic mass is 16.5. The van der Waals surface area contributed by atoms with E-state index in [4.69, 9.17) is 9.73 Å². The number of rotatable bonds is 8. The minimum Gasteiger partial charge on any atom is -0.496 e. The molecule has 0 spiro atoms. The van der Waals surface area contributed by atoms with E-state index in [9.17, 15) is 0 Å². The molecule has 1 fully saturated rings. The molecule has 1 aromatic rings. The van der Waals surface area contributed by atoms with Gasteiger partial charge in [0.2, 0.25) is 0 Å². The Hall–Kier alpha value is -1.71. The number of para-hydroxylation sites is 1. The van der Waals surface area contributed by atoms with Crippen molar-refractivity contribution in [2.75, 3.05) is 26.7 Å². The third-order valence-electron chi connectivity index (χ3n) is 4.24. The third kappa shape index (κ3) is 4.15. The fourth-order valence-electron chi connectivity index (χ4n) is 2.70. The molecule has 0 amide bonds. The summed E-state index contributed by atoms with van der Waals surface area (Å²) in [6, 6.07) is 8.34. The maximum absolute atomic E-state index is 5.53. The van der Waals surface area contributed by atoms with Crippen molar-refractivity contribution in [3.05, 3.63) is 29.8 Å². The molecular weight excluding hydrogens is 274 g/mol. The van der Waals surface area contributed by atoms with Crippen LogP contribution in [0, 0.1) is 0 Å². The van der Waals surface area contributed by atoms with Crippen molar-refractivity contribution >= 4 is 5.96 Å². The summed E-state index contributed by atoms with van der Waals surface area (Å²) in [7, 11) is 1.74. The van der Waals surface area contributed by atoms with E-state index in [1.165, 1.54) is 31.2 Å². The summed E-state index contributed by atoms with van der Waals surface area (Å²) in [6.07, 6.45) is 4.73. The molecule has 0 unspecified atom stereocenters. The van der Waals surface area contributed by atoms with E-state index in [0.717, 1.165) is 31.3 Å². The number of ether oxygens (including phenoxy) is 1. The number of nitrogens with one attached hydrogen (secondary N) is 2. The third-order valence-corrected chi connectivity index (χ3v) is 4.24. The van der Waals surface area contributed by atoms with E-state index in [1.807, 2.05) is 12.1 Å². The summed E-state index contributed by atoms with van der Waals surface area (Å²) >= 11 is 0. The monoisotopic (exact) mass is 303 g/mol. The van der Waals surface area contributed by atoms with Gasteiger partial charge >= 0.3 is 0 Å². The Morgan fingerprint density at radius 1 is 1.23 bits per heavy atom. The van der Waals surface area contributed by atoms with E-state index in [0.29, 0.717) is 0 Å². The molecule has 0 heterocycles. The predicted molar refractivity (Wildman–Crippen MR) is 92.8 cm³/mol. The van der Waals surface area contributed by atoms with Crippen molar-refractivity contribution in [3.8, 4) is 5.75 Å². The van der Waals surface area contributed by atoms with Crippen molar-refractivity contribution in [2.24, 2.45) is 4.99 Å². The lowest BCUT2D eigenvalue weighted by molar-refractivity contribution is 0.404. The SMILES string of the molecule is CCCCNC(=NCC1(c2ccccc2OC)CC1)NCC. The first-order valence-electron chi connectivity index (χ1n) is 8.41.